The van der Waals surface area contributed by atoms with E-state index in [0.717, 1.165) is 6.42 Å². The van der Waals surface area contributed by atoms with E-state index in [1.807, 2.05) is 18.2 Å². The number of rotatable bonds is 4. The molecule has 3 rings (SSSR count). The molecule has 0 heterocycles. The van der Waals surface area contributed by atoms with Gasteiger partial charge in [-0.15, -0.1) is 0 Å². The molecular formula is C17H17NO3. The number of esters is 1. The van der Waals surface area contributed by atoms with E-state index in [1.165, 1.54) is 23.4 Å². The average Bonchev–Trinajstić information content (AvgIpc) is 3.32. The molecule has 4 heteroatoms. The molecule has 0 bridgehead atoms. The molecule has 108 valence electrons. The fraction of sp³-hybridized carbons (Fsp3) is 0.294. The highest BCUT2D eigenvalue weighted by Crippen LogP contribution is 2.49. The number of benzene rings is 2. The van der Waals surface area contributed by atoms with Gasteiger partial charge in [0.25, 0.3) is 0 Å². The number of nitrogens with one attached hydrogen (secondary N) is 1. The minimum Gasteiger partial charge on any atom is -0.468 e. The summed E-state index contributed by atoms with van der Waals surface area (Å²) in [6, 6.07) is 14.4. The third-order valence-electron chi connectivity index (χ3n) is 3.98. The van der Waals surface area contributed by atoms with E-state index in [0.29, 0.717) is 0 Å². The lowest BCUT2D eigenvalue weighted by Gasteiger charge is -2.06. The molecule has 1 amide bonds. The summed E-state index contributed by atoms with van der Waals surface area (Å²) in [5, 5.41) is 5.02. The fourth-order valence-corrected chi connectivity index (χ4v) is 2.76. The Balaban J connectivity index is 1.72. The van der Waals surface area contributed by atoms with Crippen molar-refractivity contribution >= 4 is 22.6 Å². The molecule has 1 fully saturated rings. The lowest BCUT2D eigenvalue weighted by atomic mass is 10.00. The minimum absolute atomic E-state index is 0.0412. The van der Waals surface area contributed by atoms with Crippen molar-refractivity contribution in [2.45, 2.75) is 12.3 Å². The summed E-state index contributed by atoms with van der Waals surface area (Å²) in [5.41, 5.74) is 1.21. The molecule has 2 aromatic carbocycles. The first-order chi connectivity index (χ1) is 10.2. The normalized spacial score (nSPS) is 20.0. The highest BCUT2D eigenvalue weighted by Gasteiger charge is 2.44. The largest absolute Gasteiger partial charge is 0.468 e. The van der Waals surface area contributed by atoms with Crippen LogP contribution in [0.3, 0.4) is 0 Å². The van der Waals surface area contributed by atoms with Crippen LogP contribution < -0.4 is 5.32 Å². The SMILES string of the molecule is COC(=O)CNC(=O)[C@@H]1C[C@H]1c1cccc2ccccc12. The second kappa shape index (κ2) is 5.56. The van der Waals surface area contributed by atoms with Gasteiger partial charge in [-0.3, -0.25) is 9.59 Å². The van der Waals surface area contributed by atoms with Crippen molar-refractivity contribution in [1.82, 2.24) is 5.32 Å². The number of carbonyl (C=O) groups excluding carboxylic acids is 2. The fourth-order valence-electron chi connectivity index (χ4n) is 2.76. The van der Waals surface area contributed by atoms with Crippen LogP contribution in [-0.2, 0) is 14.3 Å². The molecule has 2 atom stereocenters. The van der Waals surface area contributed by atoms with Crippen LogP contribution in [0, 0.1) is 5.92 Å². The molecule has 1 saturated carbocycles. The monoisotopic (exact) mass is 283 g/mol. The van der Waals surface area contributed by atoms with Gasteiger partial charge in [0.1, 0.15) is 6.54 Å². The van der Waals surface area contributed by atoms with E-state index in [2.05, 4.69) is 34.3 Å². The lowest BCUT2D eigenvalue weighted by Crippen LogP contribution is -2.31. The smallest absolute Gasteiger partial charge is 0.325 e. The van der Waals surface area contributed by atoms with Crippen molar-refractivity contribution in [1.29, 1.82) is 0 Å². The Morgan fingerprint density at radius 3 is 2.76 bits per heavy atom. The first-order valence-electron chi connectivity index (χ1n) is 7.03. The van der Waals surface area contributed by atoms with Crippen LogP contribution in [0.2, 0.25) is 0 Å². The summed E-state index contributed by atoms with van der Waals surface area (Å²) in [4.78, 5) is 23.1. The summed E-state index contributed by atoms with van der Waals surface area (Å²) >= 11 is 0. The number of fused-ring (bicyclic) bond motifs is 1. The van der Waals surface area contributed by atoms with Crippen LogP contribution in [0.15, 0.2) is 42.5 Å². The van der Waals surface area contributed by atoms with Crippen molar-refractivity contribution in [3.05, 3.63) is 48.0 Å². The quantitative estimate of drug-likeness (QED) is 0.875. The first kappa shape index (κ1) is 13.6. The van der Waals surface area contributed by atoms with Gasteiger partial charge in [0.15, 0.2) is 0 Å². The summed E-state index contributed by atoms with van der Waals surface area (Å²) in [6.45, 7) is -0.0614. The number of hydrogen-bond acceptors (Lipinski definition) is 3. The molecule has 4 nitrogen and oxygen atoms in total. The number of carbonyl (C=O) groups is 2. The van der Waals surface area contributed by atoms with Gasteiger partial charge < -0.3 is 10.1 Å². The molecule has 0 aromatic heterocycles. The van der Waals surface area contributed by atoms with E-state index in [9.17, 15) is 9.59 Å². The van der Waals surface area contributed by atoms with Crippen LogP contribution in [0.5, 0.6) is 0 Å². The van der Waals surface area contributed by atoms with E-state index in [1.54, 1.807) is 0 Å². The molecule has 0 unspecified atom stereocenters. The van der Waals surface area contributed by atoms with Crippen molar-refractivity contribution in [2.24, 2.45) is 5.92 Å². The number of amides is 1. The molecule has 21 heavy (non-hydrogen) atoms. The van der Waals surface area contributed by atoms with Gasteiger partial charge in [0.2, 0.25) is 5.91 Å². The third kappa shape index (κ3) is 2.75. The molecule has 0 saturated heterocycles. The predicted molar refractivity (Wildman–Crippen MR) is 79.8 cm³/mol. The average molecular weight is 283 g/mol. The zero-order chi connectivity index (χ0) is 14.8. The van der Waals surface area contributed by atoms with Gasteiger partial charge in [-0.25, -0.2) is 0 Å². The van der Waals surface area contributed by atoms with E-state index < -0.39 is 5.97 Å². The summed E-state index contributed by atoms with van der Waals surface area (Å²) in [5.74, 6) is -0.293. The van der Waals surface area contributed by atoms with E-state index in [4.69, 9.17) is 0 Å². The zero-order valence-corrected chi connectivity index (χ0v) is 11.8. The molecule has 0 radical (unpaired) electrons. The van der Waals surface area contributed by atoms with Crippen molar-refractivity contribution in [3.63, 3.8) is 0 Å². The molecule has 1 N–H and O–H groups in total. The Kier molecular flexibility index (Phi) is 3.60. The van der Waals surface area contributed by atoms with Gasteiger partial charge >= 0.3 is 5.97 Å². The standard InChI is InChI=1S/C17H17NO3/c1-21-16(19)10-18-17(20)15-9-14(15)13-8-4-6-11-5-2-3-7-12(11)13/h2-8,14-15H,9-10H2,1H3,(H,18,20)/t14-,15+/m0/s1. The second-order valence-electron chi connectivity index (χ2n) is 5.31. The van der Waals surface area contributed by atoms with Crippen LogP contribution in [0.25, 0.3) is 10.8 Å². The van der Waals surface area contributed by atoms with E-state index in [-0.39, 0.29) is 24.3 Å². The zero-order valence-electron chi connectivity index (χ0n) is 11.8. The van der Waals surface area contributed by atoms with Crippen molar-refractivity contribution < 1.29 is 14.3 Å². The van der Waals surface area contributed by atoms with Crippen molar-refractivity contribution in [3.8, 4) is 0 Å². The lowest BCUT2D eigenvalue weighted by molar-refractivity contribution is -0.141. The van der Waals surface area contributed by atoms with Gasteiger partial charge in [-0.1, -0.05) is 42.5 Å². The predicted octanol–water partition coefficient (Wildman–Crippen LogP) is 2.23. The second-order valence-corrected chi connectivity index (χ2v) is 5.31. The molecular weight excluding hydrogens is 266 g/mol. The summed E-state index contributed by atoms with van der Waals surface area (Å²) in [7, 11) is 1.31. The summed E-state index contributed by atoms with van der Waals surface area (Å²) < 4.78 is 4.52. The number of ether oxygens (including phenoxy) is 1. The third-order valence-corrected chi connectivity index (χ3v) is 3.98. The van der Waals surface area contributed by atoms with Gasteiger partial charge in [0.05, 0.1) is 7.11 Å². The van der Waals surface area contributed by atoms with Gasteiger partial charge in [-0.2, -0.15) is 0 Å². The Morgan fingerprint density at radius 1 is 1.19 bits per heavy atom. The highest BCUT2D eigenvalue weighted by molar-refractivity contribution is 5.90. The van der Waals surface area contributed by atoms with Crippen LogP contribution in [0.1, 0.15) is 17.9 Å². The Hall–Kier alpha value is -2.36. The Morgan fingerprint density at radius 2 is 1.95 bits per heavy atom. The van der Waals surface area contributed by atoms with Gasteiger partial charge in [-0.05, 0) is 28.7 Å². The first-order valence-corrected chi connectivity index (χ1v) is 7.03. The van der Waals surface area contributed by atoms with Gasteiger partial charge in [0, 0.05) is 5.92 Å². The van der Waals surface area contributed by atoms with Crippen LogP contribution in [0.4, 0.5) is 0 Å². The summed E-state index contributed by atoms with van der Waals surface area (Å²) in [6.07, 6.45) is 0.834. The Labute approximate surface area is 123 Å². The Bertz CT molecular complexity index is 690. The van der Waals surface area contributed by atoms with Crippen LogP contribution in [-0.4, -0.2) is 25.5 Å². The highest BCUT2D eigenvalue weighted by atomic mass is 16.5. The maximum Gasteiger partial charge on any atom is 0.325 e. The maximum atomic E-state index is 12.0. The minimum atomic E-state index is -0.425. The van der Waals surface area contributed by atoms with E-state index >= 15 is 0 Å². The number of methoxy groups -OCH3 is 1. The van der Waals surface area contributed by atoms with Crippen LogP contribution >= 0.6 is 0 Å². The van der Waals surface area contributed by atoms with Crippen molar-refractivity contribution in [2.75, 3.05) is 13.7 Å². The molecule has 1 aliphatic rings. The molecule has 0 aliphatic heterocycles. The molecule has 2 aromatic rings. The molecule has 1 aliphatic carbocycles. The number of hydrogen-bond donors (Lipinski definition) is 1. The topological polar surface area (TPSA) is 55.4 Å². The molecule has 0 spiro atoms. The maximum absolute atomic E-state index is 12.0.